The van der Waals surface area contributed by atoms with E-state index in [2.05, 4.69) is 15.6 Å². The fourth-order valence-corrected chi connectivity index (χ4v) is 1.59. The van der Waals surface area contributed by atoms with Crippen molar-refractivity contribution < 1.29 is 24.9 Å². The molecule has 0 spiro atoms. The van der Waals surface area contributed by atoms with Crippen molar-refractivity contribution in [2.75, 3.05) is 27.4 Å². The van der Waals surface area contributed by atoms with Crippen LogP contribution in [0.2, 0.25) is 0 Å². The first kappa shape index (κ1) is 15.5. The van der Waals surface area contributed by atoms with Crippen molar-refractivity contribution in [1.29, 1.82) is 0 Å². The minimum Gasteiger partial charge on any atom is -0.394 e. The third-order valence-corrected chi connectivity index (χ3v) is 2.75. The fourth-order valence-electron chi connectivity index (χ4n) is 1.59. The average Bonchev–Trinajstić information content (AvgIpc) is 2.89. The molecule has 1 rings (SSSR count). The van der Waals surface area contributed by atoms with Gasteiger partial charge in [-0.1, -0.05) is 5.21 Å². The number of carbonyl (C=O) groups is 1. The Morgan fingerprint density at radius 2 is 2.21 bits per heavy atom. The molecule has 0 aliphatic heterocycles. The van der Waals surface area contributed by atoms with E-state index in [1.54, 1.807) is 0 Å². The van der Waals surface area contributed by atoms with E-state index in [1.807, 2.05) is 0 Å². The summed E-state index contributed by atoms with van der Waals surface area (Å²) in [5.74, 6) is -0.428. The summed E-state index contributed by atoms with van der Waals surface area (Å²) in [7, 11) is 2.78. The van der Waals surface area contributed by atoms with Gasteiger partial charge in [-0.25, -0.2) is 4.68 Å². The number of methoxy groups -OCH3 is 1. The molecule has 0 saturated heterocycles. The van der Waals surface area contributed by atoms with Gasteiger partial charge >= 0.3 is 0 Å². The molecule has 1 aromatic heterocycles. The number of amides is 1. The van der Waals surface area contributed by atoms with Gasteiger partial charge in [0.1, 0.15) is 18.2 Å². The summed E-state index contributed by atoms with van der Waals surface area (Å²) in [5.41, 5.74) is 0.0612. The summed E-state index contributed by atoms with van der Waals surface area (Å²) < 4.78 is 6.05. The van der Waals surface area contributed by atoms with E-state index in [0.717, 1.165) is 4.68 Å². The molecule has 1 aromatic rings. The molecule has 1 unspecified atom stereocenters. The number of rotatable bonds is 7. The van der Waals surface area contributed by atoms with Crippen LogP contribution >= 0.6 is 0 Å². The third-order valence-electron chi connectivity index (χ3n) is 2.75. The molecule has 0 aliphatic rings. The van der Waals surface area contributed by atoms with Crippen molar-refractivity contribution in [2.45, 2.75) is 18.2 Å². The lowest BCUT2D eigenvalue weighted by Gasteiger charge is -2.26. The number of aliphatic hydroxyl groups excluding tert-OH is 3. The number of aliphatic hydroxyl groups is 3. The zero-order chi connectivity index (χ0) is 14.4. The van der Waals surface area contributed by atoms with Crippen molar-refractivity contribution in [3.63, 3.8) is 0 Å². The van der Waals surface area contributed by atoms with E-state index in [4.69, 9.17) is 9.84 Å². The van der Waals surface area contributed by atoms with Gasteiger partial charge in [0.2, 0.25) is 0 Å². The highest BCUT2D eigenvalue weighted by Crippen LogP contribution is 2.15. The highest BCUT2D eigenvalue weighted by molar-refractivity contribution is 5.91. The molecule has 9 heteroatoms. The van der Waals surface area contributed by atoms with E-state index in [0.29, 0.717) is 0 Å². The first-order valence-corrected chi connectivity index (χ1v) is 5.65. The molecule has 0 aromatic carbocycles. The Bertz CT molecular complexity index is 406. The van der Waals surface area contributed by atoms with Gasteiger partial charge in [0.25, 0.3) is 5.91 Å². The maximum atomic E-state index is 11.3. The standard InChI is InChI=1S/C10H18N4O5/c1-11-10(18)6-3-14(13-12-6)7(4-15)9(17)8(5-16)19-2/h3,7-9,15-17H,4-5H2,1-2H3,(H,11,18)/t7-,8?,9-/m1/s1. The summed E-state index contributed by atoms with van der Waals surface area (Å²) in [6.07, 6.45) is -0.767. The smallest absolute Gasteiger partial charge is 0.273 e. The zero-order valence-electron chi connectivity index (χ0n) is 10.7. The normalized spacial score (nSPS) is 15.8. The molecule has 108 valence electrons. The number of carbonyl (C=O) groups excluding carboxylic acids is 1. The Labute approximate surface area is 109 Å². The average molecular weight is 274 g/mol. The number of hydrogen-bond donors (Lipinski definition) is 4. The predicted octanol–water partition coefficient (Wildman–Crippen LogP) is -2.46. The van der Waals surface area contributed by atoms with Crippen LogP contribution in [0, 0.1) is 0 Å². The van der Waals surface area contributed by atoms with Crippen LogP contribution in [0.15, 0.2) is 6.20 Å². The molecule has 1 heterocycles. The summed E-state index contributed by atoms with van der Waals surface area (Å²) in [5, 5.41) is 38.0. The molecule has 1 amide bonds. The Morgan fingerprint density at radius 3 is 2.68 bits per heavy atom. The van der Waals surface area contributed by atoms with Gasteiger partial charge in [-0.2, -0.15) is 0 Å². The molecule has 4 N–H and O–H groups in total. The highest BCUT2D eigenvalue weighted by Gasteiger charge is 2.29. The van der Waals surface area contributed by atoms with Gasteiger partial charge in [-0.3, -0.25) is 4.79 Å². The van der Waals surface area contributed by atoms with Crippen molar-refractivity contribution in [2.24, 2.45) is 0 Å². The lowest BCUT2D eigenvalue weighted by atomic mass is 10.1. The minimum atomic E-state index is -1.20. The molecule has 0 bridgehead atoms. The Balaban J connectivity index is 2.90. The second-order valence-corrected chi connectivity index (χ2v) is 3.86. The van der Waals surface area contributed by atoms with Gasteiger partial charge in [-0.05, 0) is 0 Å². The number of ether oxygens (including phenoxy) is 1. The largest absolute Gasteiger partial charge is 0.394 e. The van der Waals surface area contributed by atoms with Crippen LogP contribution in [0.3, 0.4) is 0 Å². The van der Waals surface area contributed by atoms with E-state index in [1.165, 1.54) is 20.4 Å². The van der Waals surface area contributed by atoms with Gasteiger partial charge in [0.15, 0.2) is 5.69 Å². The maximum absolute atomic E-state index is 11.3. The SMILES string of the molecule is CNC(=O)c1cn([C@H](CO)[C@@H](O)C(CO)OC)nn1. The maximum Gasteiger partial charge on any atom is 0.273 e. The molecule has 0 radical (unpaired) electrons. The van der Waals surface area contributed by atoms with Crippen molar-refractivity contribution in [3.05, 3.63) is 11.9 Å². The monoisotopic (exact) mass is 274 g/mol. The number of nitrogens with zero attached hydrogens (tertiary/aromatic N) is 3. The topological polar surface area (TPSA) is 130 Å². The van der Waals surface area contributed by atoms with Gasteiger partial charge < -0.3 is 25.4 Å². The third kappa shape index (κ3) is 3.47. The second kappa shape index (κ2) is 7.14. The quantitative estimate of drug-likeness (QED) is 0.434. The predicted molar refractivity (Wildman–Crippen MR) is 63.4 cm³/mol. The van der Waals surface area contributed by atoms with Crippen LogP contribution in [0.5, 0.6) is 0 Å². The first-order valence-electron chi connectivity index (χ1n) is 5.65. The highest BCUT2D eigenvalue weighted by atomic mass is 16.5. The van der Waals surface area contributed by atoms with Crippen molar-refractivity contribution in [1.82, 2.24) is 20.3 Å². The Kier molecular flexibility index (Phi) is 5.83. The Morgan fingerprint density at radius 1 is 1.53 bits per heavy atom. The molecular formula is C10H18N4O5. The van der Waals surface area contributed by atoms with Crippen molar-refractivity contribution >= 4 is 5.91 Å². The fraction of sp³-hybridized carbons (Fsp3) is 0.700. The van der Waals surface area contributed by atoms with Crippen molar-refractivity contribution in [3.8, 4) is 0 Å². The summed E-state index contributed by atoms with van der Waals surface area (Å²) in [6, 6.07) is -0.872. The summed E-state index contributed by atoms with van der Waals surface area (Å²) in [4.78, 5) is 11.3. The van der Waals surface area contributed by atoms with Gasteiger partial charge in [-0.15, -0.1) is 5.10 Å². The summed E-state index contributed by atoms with van der Waals surface area (Å²) in [6.45, 7) is -0.858. The summed E-state index contributed by atoms with van der Waals surface area (Å²) >= 11 is 0. The zero-order valence-corrected chi connectivity index (χ0v) is 10.7. The molecule has 0 fully saturated rings. The second-order valence-electron chi connectivity index (χ2n) is 3.86. The number of nitrogens with one attached hydrogen (secondary N) is 1. The van der Waals surface area contributed by atoms with Crippen LogP contribution in [0.25, 0.3) is 0 Å². The first-order chi connectivity index (χ1) is 9.08. The Hall–Kier alpha value is -1.55. The number of hydrogen-bond acceptors (Lipinski definition) is 7. The molecule has 0 saturated carbocycles. The van der Waals surface area contributed by atoms with Gasteiger partial charge in [0.05, 0.1) is 19.4 Å². The van der Waals surface area contributed by atoms with E-state index in [-0.39, 0.29) is 5.69 Å². The molecule has 19 heavy (non-hydrogen) atoms. The van der Waals surface area contributed by atoms with E-state index < -0.39 is 37.4 Å². The van der Waals surface area contributed by atoms with Crippen LogP contribution in [0.1, 0.15) is 16.5 Å². The molecule has 0 aliphatic carbocycles. The van der Waals surface area contributed by atoms with Crippen LogP contribution in [-0.4, -0.2) is 75.8 Å². The lowest BCUT2D eigenvalue weighted by Crippen LogP contribution is -2.40. The molecule has 3 atom stereocenters. The van der Waals surface area contributed by atoms with Gasteiger partial charge in [0, 0.05) is 14.2 Å². The van der Waals surface area contributed by atoms with E-state index >= 15 is 0 Å². The van der Waals surface area contributed by atoms with Crippen LogP contribution in [0.4, 0.5) is 0 Å². The van der Waals surface area contributed by atoms with E-state index in [9.17, 15) is 15.0 Å². The molecule has 9 nitrogen and oxygen atoms in total. The number of aromatic nitrogens is 3. The van der Waals surface area contributed by atoms with Crippen LogP contribution < -0.4 is 5.32 Å². The minimum absolute atomic E-state index is 0.0612. The van der Waals surface area contributed by atoms with Crippen LogP contribution in [-0.2, 0) is 4.74 Å². The lowest BCUT2D eigenvalue weighted by molar-refractivity contribution is -0.0726. The molecular weight excluding hydrogens is 256 g/mol.